The highest BCUT2D eigenvalue weighted by molar-refractivity contribution is 6.33. The zero-order valence-corrected chi connectivity index (χ0v) is 15.4. The molecule has 0 spiro atoms. The molecule has 1 aliphatic rings. The largest absolute Gasteiger partial charge is 0.256 e. The summed E-state index contributed by atoms with van der Waals surface area (Å²) in [6.45, 7) is 4.64. The first-order chi connectivity index (χ1) is 12.6. The lowest BCUT2D eigenvalue weighted by atomic mass is 9.81. The number of nitrogens with zero attached hydrogens (tertiary/aromatic N) is 1. The molecule has 1 nitrogen and oxygen atoms in total. The van der Waals surface area contributed by atoms with Gasteiger partial charge in [-0.15, -0.1) is 0 Å². The van der Waals surface area contributed by atoms with Crippen molar-refractivity contribution in [3.63, 3.8) is 0 Å². The van der Waals surface area contributed by atoms with Crippen molar-refractivity contribution in [2.24, 2.45) is 0 Å². The minimum absolute atomic E-state index is 0.0170. The monoisotopic (exact) mass is 333 g/mol. The summed E-state index contributed by atoms with van der Waals surface area (Å²) in [4.78, 5) is 4.73. The molecule has 1 aromatic heterocycles. The molecule has 0 saturated heterocycles. The van der Waals surface area contributed by atoms with E-state index in [1.54, 1.807) is 0 Å². The number of fused-ring (bicyclic) bond motifs is 4. The molecule has 0 amide bonds. The SMILES string of the molecule is Bc1ccc2c(-c3ccc4c(c3)C(C)(C)c3ccccc3-4)nccc2c1. The highest BCUT2D eigenvalue weighted by Crippen LogP contribution is 2.49. The fraction of sp³-hybridized carbons (Fsp3) is 0.125. The lowest BCUT2D eigenvalue weighted by molar-refractivity contribution is 0.660. The number of aromatic nitrogens is 1. The van der Waals surface area contributed by atoms with Crippen LogP contribution in [0.2, 0.25) is 0 Å². The van der Waals surface area contributed by atoms with Gasteiger partial charge in [0.25, 0.3) is 0 Å². The number of benzene rings is 3. The summed E-state index contributed by atoms with van der Waals surface area (Å²) in [5, 5.41) is 2.46. The lowest BCUT2D eigenvalue weighted by Gasteiger charge is -2.22. The van der Waals surface area contributed by atoms with Gasteiger partial charge in [0, 0.05) is 22.6 Å². The number of rotatable bonds is 1. The van der Waals surface area contributed by atoms with Crippen molar-refractivity contribution >= 4 is 24.1 Å². The Morgan fingerprint density at radius 1 is 0.808 bits per heavy atom. The molecule has 0 atom stereocenters. The third kappa shape index (κ3) is 2.08. The first-order valence-electron chi connectivity index (χ1n) is 9.16. The minimum Gasteiger partial charge on any atom is -0.256 e. The van der Waals surface area contributed by atoms with E-state index in [1.165, 1.54) is 44.1 Å². The van der Waals surface area contributed by atoms with Gasteiger partial charge in [0.2, 0.25) is 0 Å². The van der Waals surface area contributed by atoms with E-state index in [2.05, 4.69) is 88.4 Å². The molecule has 0 radical (unpaired) electrons. The fourth-order valence-electron chi connectivity index (χ4n) is 4.38. The molecule has 5 rings (SSSR count). The predicted octanol–water partition coefficient (Wildman–Crippen LogP) is 4.47. The Labute approximate surface area is 155 Å². The average molecular weight is 333 g/mol. The topological polar surface area (TPSA) is 12.9 Å². The second kappa shape index (κ2) is 5.31. The Bertz CT molecular complexity index is 1170. The summed E-state index contributed by atoms with van der Waals surface area (Å²) in [6.07, 6.45) is 1.92. The molecular weight excluding hydrogens is 313 g/mol. The Morgan fingerprint density at radius 3 is 2.50 bits per heavy atom. The zero-order valence-electron chi connectivity index (χ0n) is 15.4. The molecular formula is C24H20BN. The van der Waals surface area contributed by atoms with Crippen LogP contribution in [0.15, 0.2) is 72.9 Å². The Hall–Kier alpha value is -2.87. The summed E-state index contributed by atoms with van der Waals surface area (Å²) in [6, 6.07) is 24.3. The fourth-order valence-corrected chi connectivity index (χ4v) is 4.38. The summed E-state index contributed by atoms with van der Waals surface area (Å²) in [5.74, 6) is 0. The van der Waals surface area contributed by atoms with Gasteiger partial charge >= 0.3 is 0 Å². The Kier molecular flexibility index (Phi) is 3.15. The van der Waals surface area contributed by atoms with Crippen molar-refractivity contribution in [3.8, 4) is 22.4 Å². The van der Waals surface area contributed by atoms with Gasteiger partial charge in [-0.25, -0.2) is 0 Å². The van der Waals surface area contributed by atoms with Crippen LogP contribution in [0.1, 0.15) is 25.0 Å². The maximum atomic E-state index is 4.73. The van der Waals surface area contributed by atoms with Crippen molar-refractivity contribution in [2.75, 3.05) is 0 Å². The molecule has 0 unspecified atom stereocenters. The smallest absolute Gasteiger partial charge is 0.139 e. The molecule has 124 valence electrons. The van der Waals surface area contributed by atoms with Crippen LogP contribution in [-0.2, 0) is 5.41 Å². The molecule has 26 heavy (non-hydrogen) atoms. The molecule has 0 saturated carbocycles. The van der Waals surface area contributed by atoms with E-state index >= 15 is 0 Å². The third-order valence-corrected chi connectivity index (χ3v) is 5.78. The lowest BCUT2D eigenvalue weighted by Crippen LogP contribution is -2.14. The Morgan fingerprint density at radius 2 is 1.62 bits per heavy atom. The second-order valence-corrected chi connectivity index (χ2v) is 7.82. The molecule has 2 heteroatoms. The van der Waals surface area contributed by atoms with Crippen LogP contribution in [0.3, 0.4) is 0 Å². The molecule has 1 heterocycles. The number of hydrogen-bond donors (Lipinski definition) is 0. The van der Waals surface area contributed by atoms with E-state index in [0.717, 1.165) is 5.69 Å². The molecule has 0 aliphatic heterocycles. The summed E-state index contributed by atoms with van der Waals surface area (Å²) in [5.41, 5.74) is 9.07. The van der Waals surface area contributed by atoms with Crippen molar-refractivity contribution < 1.29 is 0 Å². The highest BCUT2D eigenvalue weighted by atomic mass is 14.7. The van der Waals surface area contributed by atoms with Gasteiger partial charge in [0.15, 0.2) is 0 Å². The average Bonchev–Trinajstić information content (AvgIpc) is 2.88. The molecule has 4 aromatic rings. The quantitative estimate of drug-likeness (QED) is 0.469. The van der Waals surface area contributed by atoms with Gasteiger partial charge in [0.05, 0.1) is 5.69 Å². The van der Waals surface area contributed by atoms with E-state index in [9.17, 15) is 0 Å². The van der Waals surface area contributed by atoms with E-state index in [4.69, 9.17) is 4.98 Å². The van der Waals surface area contributed by atoms with Crippen LogP contribution in [0.4, 0.5) is 0 Å². The van der Waals surface area contributed by atoms with Crippen molar-refractivity contribution in [1.29, 1.82) is 0 Å². The van der Waals surface area contributed by atoms with Crippen LogP contribution in [0, 0.1) is 0 Å². The van der Waals surface area contributed by atoms with Gasteiger partial charge in [-0.05, 0) is 39.8 Å². The molecule has 0 fully saturated rings. The van der Waals surface area contributed by atoms with Crippen LogP contribution in [-0.4, -0.2) is 12.8 Å². The molecule has 0 N–H and O–H groups in total. The van der Waals surface area contributed by atoms with Gasteiger partial charge in [-0.3, -0.25) is 4.98 Å². The van der Waals surface area contributed by atoms with E-state index in [-0.39, 0.29) is 5.41 Å². The first kappa shape index (κ1) is 15.4. The van der Waals surface area contributed by atoms with E-state index < -0.39 is 0 Å². The van der Waals surface area contributed by atoms with Gasteiger partial charge < -0.3 is 0 Å². The first-order valence-corrected chi connectivity index (χ1v) is 9.16. The maximum absolute atomic E-state index is 4.73. The summed E-state index contributed by atoms with van der Waals surface area (Å²) >= 11 is 0. The standard InChI is InChI=1S/C24H20BN/c1-24(2)21-6-4-3-5-19(21)20-9-7-16(14-22(20)24)23-18-10-8-17(25)13-15(18)11-12-26-23/h3-14H,25H2,1-2H3. The maximum Gasteiger partial charge on any atom is 0.139 e. The van der Waals surface area contributed by atoms with Crippen LogP contribution < -0.4 is 5.46 Å². The van der Waals surface area contributed by atoms with Crippen LogP contribution in [0.5, 0.6) is 0 Å². The molecule has 3 aromatic carbocycles. The highest BCUT2D eigenvalue weighted by Gasteiger charge is 2.35. The predicted molar refractivity (Wildman–Crippen MR) is 113 cm³/mol. The van der Waals surface area contributed by atoms with Crippen molar-refractivity contribution in [3.05, 3.63) is 84.1 Å². The second-order valence-electron chi connectivity index (χ2n) is 7.82. The van der Waals surface area contributed by atoms with Gasteiger partial charge in [0.1, 0.15) is 7.85 Å². The number of pyridine rings is 1. The minimum atomic E-state index is 0.0170. The summed E-state index contributed by atoms with van der Waals surface area (Å²) < 4.78 is 0. The third-order valence-electron chi connectivity index (χ3n) is 5.78. The summed E-state index contributed by atoms with van der Waals surface area (Å²) in [7, 11) is 2.13. The van der Waals surface area contributed by atoms with Crippen LogP contribution in [0.25, 0.3) is 33.2 Å². The van der Waals surface area contributed by atoms with Crippen LogP contribution >= 0.6 is 0 Å². The van der Waals surface area contributed by atoms with Gasteiger partial charge in [-0.1, -0.05) is 73.9 Å². The van der Waals surface area contributed by atoms with Gasteiger partial charge in [-0.2, -0.15) is 0 Å². The molecule has 1 aliphatic carbocycles. The number of hydrogen-bond acceptors (Lipinski definition) is 1. The van der Waals surface area contributed by atoms with E-state index in [0.29, 0.717) is 0 Å². The normalized spacial score (nSPS) is 14.2. The van der Waals surface area contributed by atoms with Crippen molar-refractivity contribution in [1.82, 2.24) is 4.98 Å². The molecule has 0 bridgehead atoms. The Balaban J connectivity index is 1.75. The van der Waals surface area contributed by atoms with Crippen molar-refractivity contribution in [2.45, 2.75) is 19.3 Å². The zero-order chi connectivity index (χ0) is 17.9. The van der Waals surface area contributed by atoms with E-state index in [1.807, 2.05) is 6.20 Å².